The minimum absolute atomic E-state index is 0.0126. The van der Waals surface area contributed by atoms with Gasteiger partial charge in [-0.25, -0.2) is 4.98 Å². The Morgan fingerprint density at radius 3 is 2.36 bits per heavy atom. The Labute approximate surface area is 273 Å². The predicted octanol–water partition coefficient (Wildman–Crippen LogP) is 10.7. The van der Waals surface area contributed by atoms with Crippen molar-refractivity contribution in [1.29, 1.82) is 0 Å². The van der Waals surface area contributed by atoms with E-state index in [0.29, 0.717) is 0 Å². The standard InChI is InChI=1S/C41H34N4O2/c1-41(2,3)26-20-21-42-38(22-26)45-33-14-7-5-12-30(33)31-17-16-29(24-35(31)45)46-28-11-9-10-27(23-28)44-25-43(4)40-34(44)18-19-37-39(40)32-13-6-8-15-36(32)47-37/h5-24H,25H2,1-4H3. The highest BCUT2D eigenvalue weighted by Crippen LogP contribution is 2.48. The van der Waals surface area contributed by atoms with E-state index in [9.17, 15) is 0 Å². The van der Waals surface area contributed by atoms with Gasteiger partial charge in [-0.2, -0.15) is 0 Å². The highest BCUT2D eigenvalue weighted by molar-refractivity contribution is 6.16. The quantitative estimate of drug-likeness (QED) is 0.197. The lowest BCUT2D eigenvalue weighted by atomic mass is 9.88. The van der Waals surface area contributed by atoms with Crippen molar-refractivity contribution in [3.63, 3.8) is 0 Å². The molecule has 0 aliphatic carbocycles. The smallest absolute Gasteiger partial charge is 0.137 e. The monoisotopic (exact) mass is 614 g/mol. The van der Waals surface area contributed by atoms with Crippen molar-refractivity contribution in [3.05, 3.63) is 127 Å². The number of hydrogen-bond acceptors (Lipinski definition) is 5. The van der Waals surface area contributed by atoms with Crippen molar-refractivity contribution in [1.82, 2.24) is 9.55 Å². The SMILES string of the molecule is CN1CN(c2cccc(Oc3ccc4c5ccccc5n(-c5cc(C(C)(C)C)ccn5)c4c3)c2)c2ccc3oc4ccccc4c3c21. The summed E-state index contributed by atoms with van der Waals surface area (Å²) in [4.78, 5) is 9.45. The first-order valence-electron chi connectivity index (χ1n) is 16.0. The molecule has 0 saturated heterocycles. The number of anilines is 3. The van der Waals surface area contributed by atoms with Gasteiger partial charge in [0.25, 0.3) is 0 Å². The molecule has 230 valence electrons. The summed E-state index contributed by atoms with van der Waals surface area (Å²) in [6.07, 6.45) is 1.91. The molecule has 3 aromatic heterocycles. The predicted molar refractivity (Wildman–Crippen MR) is 193 cm³/mol. The average Bonchev–Trinajstić information content (AvgIpc) is 3.73. The lowest BCUT2D eigenvalue weighted by Gasteiger charge is -2.20. The molecule has 6 nitrogen and oxygen atoms in total. The number of nitrogens with zero attached hydrogens (tertiary/aromatic N) is 4. The molecule has 4 heterocycles. The highest BCUT2D eigenvalue weighted by atomic mass is 16.5. The number of fused-ring (bicyclic) bond motifs is 8. The van der Waals surface area contributed by atoms with Gasteiger partial charge in [0, 0.05) is 47.2 Å². The summed E-state index contributed by atoms with van der Waals surface area (Å²) in [5.74, 6) is 2.46. The largest absolute Gasteiger partial charge is 0.457 e. The summed E-state index contributed by atoms with van der Waals surface area (Å²) in [5.41, 5.74) is 8.66. The second kappa shape index (κ2) is 10.1. The molecule has 0 spiro atoms. The molecular formula is C41H34N4O2. The third-order valence-electron chi connectivity index (χ3n) is 9.37. The van der Waals surface area contributed by atoms with Crippen LogP contribution in [0.15, 0.2) is 126 Å². The Morgan fingerprint density at radius 2 is 1.49 bits per heavy atom. The normalized spacial score (nSPS) is 13.4. The van der Waals surface area contributed by atoms with E-state index in [4.69, 9.17) is 14.1 Å². The van der Waals surface area contributed by atoms with Crippen molar-refractivity contribution in [2.75, 3.05) is 23.5 Å². The highest BCUT2D eigenvalue weighted by Gasteiger charge is 2.29. The van der Waals surface area contributed by atoms with Crippen molar-refractivity contribution >= 4 is 60.8 Å². The number of ether oxygens (including phenoxy) is 1. The molecule has 0 N–H and O–H groups in total. The van der Waals surface area contributed by atoms with Crippen LogP contribution in [0.3, 0.4) is 0 Å². The molecular weight excluding hydrogens is 580 g/mol. The van der Waals surface area contributed by atoms with E-state index >= 15 is 0 Å². The van der Waals surface area contributed by atoms with Crippen LogP contribution in [0.1, 0.15) is 26.3 Å². The first-order chi connectivity index (χ1) is 22.8. The van der Waals surface area contributed by atoms with Crippen LogP contribution >= 0.6 is 0 Å². The van der Waals surface area contributed by atoms with Crippen LogP contribution in [0, 0.1) is 0 Å². The molecule has 47 heavy (non-hydrogen) atoms. The average molecular weight is 615 g/mol. The minimum Gasteiger partial charge on any atom is -0.457 e. The van der Waals surface area contributed by atoms with Gasteiger partial charge in [0.05, 0.1) is 34.5 Å². The fraction of sp³-hybridized carbons (Fsp3) is 0.146. The van der Waals surface area contributed by atoms with Gasteiger partial charge in [-0.15, -0.1) is 0 Å². The molecule has 9 rings (SSSR count). The van der Waals surface area contributed by atoms with E-state index in [1.54, 1.807) is 0 Å². The van der Waals surface area contributed by atoms with Crippen LogP contribution in [-0.2, 0) is 5.41 Å². The van der Waals surface area contributed by atoms with Crippen LogP contribution < -0.4 is 14.5 Å². The number of aromatic nitrogens is 2. The summed E-state index contributed by atoms with van der Waals surface area (Å²) >= 11 is 0. The maximum atomic E-state index is 6.59. The zero-order chi connectivity index (χ0) is 31.9. The lowest BCUT2D eigenvalue weighted by molar-refractivity contribution is 0.483. The molecule has 0 radical (unpaired) electrons. The van der Waals surface area contributed by atoms with Gasteiger partial charge in [0.15, 0.2) is 0 Å². The van der Waals surface area contributed by atoms with Crippen molar-refractivity contribution < 1.29 is 9.15 Å². The molecule has 5 aromatic carbocycles. The van der Waals surface area contributed by atoms with Crippen LogP contribution in [0.25, 0.3) is 49.6 Å². The fourth-order valence-electron chi connectivity index (χ4n) is 7.09. The topological polar surface area (TPSA) is 46.7 Å². The number of benzene rings is 5. The summed E-state index contributed by atoms with van der Waals surface area (Å²) in [5, 5.41) is 4.65. The van der Waals surface area contributed by atoms with E-state index in [1.807, 2.05) is 24.4 Å². The summed E-state index contributed by atoms with van der Waals surface area (Å²) < 4.78 is 15.0. The summed E-state index contributed by atoms with van der Waals surface area (Å²) in [6, 6.07) is 40.0. The van der Waals surface area contributed by atoms with Gasteiger partial charge in [-0.1, -0.05) is 63.2 Å². The molecule has 8 aromatic rings. The molecule has 0 amide bonds. The van der Waals surface area contributed by atoms with Crippen molar-refractivity contribution in [3.8, 4) is 17.3 Å². The van der Waals surface area contributed by atoms with Gasteiger partial charge >= 0.3 is 0 Å². The minimum atomic E-state index is 0.0126. The number of rotatable bonds is 4. The van der Waals surface area contributed by atoms with Crippen LogP contribution in [0.2, 0.25) is 0 Å². The third kappa shape index (κ3) is 4.36. The number of pyridine rings is 1. The van der Waals surface area contributed by atoms with E-state index in [0.717, 1.165) is 68.3 Å². The van der Waals surface area contributed by atoms with Crippen LogP contribution in [-0.4, -0.2) is 23.3 Å². The number of furan rings is 1. The molecule has 1 aliphatic heterocycles. The molecule has 0 unspecified atom stereocenters. The van der Waals surface area contributed by atoms with E-state index in [2.05, 4.69) is 139 Å². The second-order valence-electron chi connectivity index (χ2n) is 13.5. The molecule has 1 aliphatic rings. The number of hydrogen-bond donors (Lipinski definition) is 0. The molecule has 6 heteroatoms. The number of para-hydroxylation sites is 2. The van der Waals surface area contributed by atoms with E-state index in [1.165, 1.54) is 22.0 Å². The first kappa shape index (κ1) is 27.6. The zero-order valence-corrected chi connectivity index (χ0v) is 26.9. The Bertz CT molecular complexity index is 2500. The van der Waals surface area contributed by atoms with Gasteiger partial charge in [-0.05, 0) is 71.6 Å². The third-order valence-corrected chi connectivity index (χ3v) is 9.37. The Balaban J connectivity index is 1.11. The van der Waals surface area contributed by atoms with E-state index in [-0.39, 0.29) is 5.41 Å². The maximum Gasteiger partial charge on any atom is 0.137 e. The van der Waals surface area contributed by atoms with Crippen molar-refractivity contribution in [2.45, 2.75) is 26.2 Å². The Kier molecular flexibility index (Phi) is 5.94. The zero-order valence-electron chi connectivity index (χ0n) is 26.9. The van der Waals surface area contributed by atoms with Gasteiger partial charge in [0.1, 0.15) is 28.5 Å². The van der Waals surface area contributed by atoms with Crippen LogP contribution in [0.4, 0.5) is 17.1 Å². The molecule has 0 saturated carbocycles. The molecule has 0 fully saturated rings. The lowest BCUT2D eigenvalue weighted by Crippen LogP contribution is -2.23. The van der Waals surface area contributed by atoms with Crippen molar-refractivity contribution in [2.24, 2.45) is 0 Å². The Morgan fingerprint density at radius 1 is 0.702 bits per heavy atom. The van der Waals surface area contributed by atoms with Crippen LogP contribution in [0.5, 0.6) is 11.5 Å². The Hall–Kier alpha value is -5.75. The van der Waals surface area contributed by atoms with Gasteiger partial charge in [-0.3, -0.25) is 4.57 Å². The second-order valence-corrected chi connectivity index (χ2v) is 13.5. The first-order valence-corrected chi connectivity index (χ1v) is 16.0. The fourth-order valence-corrected chi connectivity index (χ4v) is 7.09. The van der Waals surface area contributed by atoms with E-state index < -0.39 is 0 Å². The van der Waals surface area contributed by atoms with Gasteiger partial charge < -0.3 is 19.0 Å². The summed E-state index contributed by atoms with van der Waals surface area (Å²) in [7, 11) is 2.14. The molecule has 0 atom stereocenters. The van der Waals surface area contributed by atoms with Gasteiger partial charge in [0.2, 0.25) is 0 Å². The maximum absolute atomic E-state index is 6.59. The summed E-state index contributed by atoms with van der Waals surface area (Å²) in [6.45, 7) is 7.43. The molecule has 0 bridgehead atoms.